The van der Waals surface area contributed by atoms with E-state index in [2.05, 4.69) is 16.9 Å². The van der Waals surface area contributed by atoms with Crippen LogP contribution >= 0.6 is 0 Å². The van der Waals surface area contributed by atoms with Gasteiger partial charge in [-0.2, -0.15) is 0 Å². The minimum atomic E-state index is -0.613. The van der Waals surface area contributed by atoms with Crippen LogP contribution in [0.1, 0.15) is 53.4 Å². The van der Waals surface area contributed by atoms with Gasteiger partial charge in [-0.05, 0) is 31.2 Å². The summed E-state index contributed by atoms with van der Waals surface area (Å²) >= 11 is 0. The second kappa shape index (κ2) is 21.2. The molecule has 0 aromatic heterocycles. The Balaban J connectivity index is 1.96. The molecule has 0 amide bonds. The van der Waals surface area contributed by atoms with Crippen molar-refractivity contribution < 1.29 is 42.7 Å². The van der Waals surface area contributed by atoms with E-state index in [1.807, 2.05) is 13.8 Å². The lowest BCUT2D eigenvalue weighted by Crippen LogP contribution is -2.51. The highest BCUT2D eigenvalue weighted by Crippen LogP contribution is 2.33. The van der Waals surface area contributed by atoms with Gasteiger partial charge >= 0.3 is 5.97 Å². The summed E-state index contributed by atoms with van der Waals surface area (Å²) < 4.78 is 38.7. The maximum Gasteiger partial charge on any atom is 0.303 e. The fourth-order valence-corrected chi connectivity index (χ4v) is 3.75. The predicted octanol–water partition coefficient (Wildman–Crippen LogP) is 3.46. The van der Waals surface area contributed by atoms with E-state index < -0.39 is 12.4 Å². The molecule has 0 aliphatic carbocycles. The number of esters is 1. The van der Waals surface area contributed by atoms with Gasteiger partial charge in [-0.15, -0.1) is 0 Å². The Morgan fingerprint density at radius 2 is 1.35 bits per heavy atom. The van der Waals surface area contributed by atoms with Crippen molar-refractivity contribution in [2.45, 2.75) is 71.9 Å². The number of carbonyl (C=O) groups excluding carboxylic acids is 2. The lowest BCUT2D eigenvalue weighted by Gasteiger charge is -2.42. The van der Waals surface area contributed by atoms with Crippen LogP contribution in [0.4, 0.5) is 0 Å². The molecule has 37 heavy (non-hydrogen) atoms. The van der Waals surface area contributed by atoms with Crippen molar-refractivity contribution in [3.8, 4) is 0 Å². The molecular weight excluding hydrogens is 486 g/mol. The number of nitrogens with zero attached hydrogens (tertiary/aromatic N) is 3. The first-order chi connectivity index (χ1) is 17.9. The first kappa shape index (κ1) is 33.2. The highest BCUT2D eigenvalue weighted by atomic mass is 16.7. The molecule has 1 aliphatic rings. The third kappa shape index (κ3) is 15.9. The molecule has 0 spiro atoms. The zero-order chi connectivity index (χ0) is 27.3. The number of hydrogen-bond donors (Lipinski definition) is 0. The van der Waals surface area contributed by atoms with E-state index in [1.165, 1.54) is 6.92 Å². The van der Waals surface area contributed by atoms with Crippen LogP contribution in [-0.2, 0) is 42.7 Å². The molecule has 0 radical (unpaired) electrons. The molecule has 1 fully saturated rings. The molecule has 5 atom stereocenters. The van der Waals surface area contributed by atoms with Crippen molar-refractivity contribution in [1.82, 2.24) is 0 Å². The van der Waals surface area contributed by atoms with Crippen LogP contribution in [0.25, 0.3) is 10.4 Å². The summed E-state index contributed by atoms with van der Waals surface area (Å²) in [5, 5.41) is 3.36. The fraction of sp³-hybridized carbons (Fsp3) is 0.920. The molecule has 0 N–H and O–H groups in total. The number of carbonyl (C=O) groups is 2. The first-order valence-corrected chi connectivity index (χ1v) is 13.1. The van der Waals surface area contributed by atoms with E-state index in [0.717, 1.165) is 0 Å². The molecule has 214 valence electrons. The van der Waals surface area contributed by atoms with Crippen molar-refractivity contribution in [1.29, 1.82) is 0 Å². The van der Waals surface area contributed by atoms with E-state index in [-0.39, 0.29) is 29.7 Å². The summed E-state index contributed by atoms with van der Waals surface area (Å²) in [6, 6.07) is 0. The zero-order valence-electron chi connectivity index (χ0n) is 22.8. The smallest absolute Gasteiger partial charge is 0.303 e. The normalized spacial score (nSPS) is 23.4. The van der Waals surface area contributed by atoms with Gasteiger partial charge < -0.3 is 33.2 Å². The van der Waals surface area contributed by atoms with Gasteiger partial charge in [0, 0.05) is 43.7 Å². The van der Waals surface area contributed by atoms with Crippen LogP contribution in [-0.4, -0.2) is 96.3 Å². The van der Waals surface area contributed by atoms with Gasteiger partial charge in [0.1, 0.15) is 5.78 Å². The predicted molar refractivity (Wildman–Crippen MR) is 135 cm³/mol. The van der Waals surface area contributed by atoms with Crippen LogP contribution in [0.5, 0.6) is 0 Å². The van der Waals surface area contributed by atoms with E-state index >= 15 is 0 Å². The summed E-state index contributed by atoms with van der Waals surface area (Å²) in [6.07, 6.45) is 1.07. The van der Waals surface area contributed by atoms with E-state index in [0.29, 0.717) is 91.7 Å². The monoisotopic (exact) mass is 531 g/mol. The molecule has 1 heterocycles. The SMILES string of the molecule is CC(=O)O[C@@H]1C(OCCCC(=O)CCCOCCOCCOCCOCCN=[N+]=[N-])O[C@@H](C)[C@H](C)C1C. The van der Waals surface area contributed by atoms with Crippen LogP contribution in [0, 0.1) is 11.8 Å². The Kier molecular flexibility index (Phi) is 19.0. The van der Waals surface area contributed by atoms with Crippen molar-refractivity contribution in [2.75, 3.05) is 66.0 Å². The second-order valence-corrected chi connectivity index (χ2v) is 9.02. The molecule has 2 unspecified atom stereocenters. The largest absolute Gasteiger partial charge is 0.457 e. The van der Waals surface area contributed by atoms with Crippen molar-refractivity contribution in [3.63, 3.8) is 0 Å². The summed E-state index contributed by atoms with van der Waals surface area (Å²) in [7, 11) is 0. The van der Waals surface area contributed by atoms with E-state index in [4.69, 9.17) is 38.7 Å². The number of ketones is 1. The minimum absolute atomic E-state index is 0.000357. The molecule has 0 aromatic rings. The summed E-state index contributed by atoms with van der Waals surface area (Å²) in [4.78, 5) is 26.2. The summed E-state index contributed by atoms with van der Waals surface area (Å²) in [6.45, 7) is 11.8. The average molecular weight is 532 g/mol. The Bertz CT molecular complexity index is 676. The van der Waals surface area contributed by atoms with Gasteiger partial charge in [-0.1, -0.05) is 19.0 Å². The molecule has 12 heteroatoms. The number of ether oxygens (including phenoxy) is 7. The lowest BCUT2D eigenvalue weighted by molar-refractivity contribution is -0.271. The Morgan fingerprint density at radius 1 is 0.811 bits per heavy atom. The number of hydrogen-bond acceptors (Lipinski definition) is 10. The lowest BCUT2D eigenvalue weighted by atomic mass is 9.84. The molecule has 12 nitrogen and oxygen atoms in total. The van der Waals surface area contributed by atoms with Crippen molar-refractivity contribution in [3.05, 3.63) is 10.4 Å². The Hall–Kier alpha value is -1.79. The van der Waals surface area contributed by atoms with Crippen LogP contribution in [0.2, 0.25) is 0 Å². The van der Waals surface area contributed by atoms with Crippen LogP contribution in [0.15, 0.2) is 5.11 Å². The molecule has 1 saturated heterocycles. The molecular formula is C25H45N3O9. The van der Waals surface area contributed by atoms with Gasteiger partial charge in [0.25, 0.3) is 0 Å². The van der Waals surface area contributed by atoms with Gasteiger partial charge in [0.05, 0.1) is 59.0 Å². The van der Waals surface area contributed by atoms with Crippen molar-refractivity contribution >= 4 is 11.8 Å². The molecule has 0 saturated carbocycles. The number of Topliss-reactive ketones (excluding diaryl/α,β-unsaturated/α-hetero) is 1. The quantitative estimate of drug-likeness (QED) is 0.0673. The standard InChI is InChI=1S/C25H45N3O9/c1-19-20(2)24(37-22(4)29)25(36-21(19)3)35-11-6-8-23(30)7-5-10-31-13-15-33-17-18-34-16-14-32-12-9-27-28-26/h19-21,24-25H,5-18H2,1-4H3/t19-,20?,21+,24+,25?/m1/s1. The highest BCUT2D eigenvalue weighted by Gasteiger charge is 2.42. The first-order valence-electron chi connectivity index (χ1n) is 13.1. The van der Waals surface area contributed by atoms with Gasteiger partial charge in [-0.3, -0.25) is 9.59 Å². The van der Waals surface area contributed by atoms with Gasteiger partial charge in [0.2, 0.25) is 0 Å². The maximum absolute atomic E-state index is 12.1. The summed E-state index contributed by atoms with van der Waals surface area (Å²) in [5.74, 6) is 0.171. The minimum Gasteiger partial charge on any atom is -0.457 e. The average Bonchev–Trinajstić information content (AvgIpc) is 2.87. The highest BCUT2D eigenvalue weighted by molar-refractivity contribution is 5.78. The Morgan fingerprint density at radius 3 is 1.92 bits per heavy atom. The molecule has 1 aliphatic heterocycles. The second-order valence-electron chi connectivity index (χ2n) is 9.02. The maximum atomic E-state index is 12.1. The molecule has 1 rings (SSSR count). The van der Waals surface area contributed by atoms with Gasteiger partial charge in [0.15, 0.2) is 12.4 Å². The van der Waals surface area contributed by atoms with E-state index in [9.17, 15) is 9.59 Å². The van der Waals surface area contributed by atoms with Crippen LogP contribution in [0.3, 0.4) is 0 Å². The fourth-order valence-electron chi connectivity index (χ4n) is 3.75. The van der Waals surface area contributed by atoms with Gasteiger partial charge in [-0.25, -0.2) is 0 Å². The van der Waals surface area contributed by atoms with E-state index in [1.54, 1.807) is 0 Å². The topological polar surface area (TPSA) is 148 Å². The summed E-state index contributed by atoms with van der Waals surface area (Å²) in [5.41, 5.74) is 8.13. The van der Waals surface area contributed by atoms with Crippen molar-refractivity contribution in [2.24, 2.45) is 17.0 Å². The number of azide groups is 1. The molecule has 0 bridgehead atoms. The third-order valence-electron chi connectivity index (χ3n) is 6.15. The zero-order valence-corrected chi connectivity index (χ0v) is 22.8. The molecule has 0 aromatic carbocycles. The van der Waals surface area contributed by atoms with Crippen LogP contribution < -0.4 is 0 Å². The number of rotatable bonds is 22. The third-order valence-corrected chi connectivity index (χ3v) is 6.15. The Labute approximate surface area is 220 Å².